The largest absolute Gasteiger partial charge is 0.356 e. The summed E-state index contributed by atoms with van der Waals surface area (Å²) in [7, 11) is 0. The van der Waals surface area contributed by atoms with Crippen LogP contribution in [0.1, 0.15) is 44.6 Å². The lowest BCUT2D eigenvalue weighted by atomic mass is 9.70. The SMILES string of the molecule is C=C(C)[C@@H]1CCC(C)C(c2ccc(Nc3ccccc3)cc2)C1. The minimum absolute atomic E-state index is 0.663. The standard InChI is InChI=1S/C22H27N/c1-16(2)19-10-9-17(3)22(15-19)18-11-13-21(14-12-18)23-20-7-5-4-6-8-20/h4-8,11-14,17,19,22-23H,1,9-10,15H2,2-3H3/t17?,19-,22?/m1/s1. The molecule has 2 aromatic rings. The van der Waals surface area contributed by atoms with Gasteiger partial charge in [-0.15, -0.1) is 0 Å². The highest BCUT2D eigenvalue weighted by Gasteiger charge is 2.28. The molecule has 1 nitrogen and oxygen atoms in total. The van der Waals surface area contributed by atoms with Crippen molar-refractivity contribution >= 4 is 11.4 Å². The smallest absolute Gasteiger partial charge is 0.0384 e. The van der Waals surface area contributed by atoms with Crippen molar-refractivity contribution in [2.24, 2.45) is 11.8 Å². The van der Waals surface area contributed by atoms with Crippen molar-refractivity contribution in [1.82, 2.24) is 0 Å². The molecule has 0 bridgehead atoms. The summed E-state index contributed by atoms with van der Waals surface area (Å²) in [5.74, 6) is 2.12. The highest BCUT2D eigenvalue weighted by Crippen LogP contribution is 2.42. The minimum Gasteiger partial charge on any atom is -0.356 e. The number of benzene rings is 2. The van der Waals surface area contributed by atoms with Crippen LogP contribution in [0.4, 0.5) is 11.4 Å². The molecule has 2 aromatic carbocycles. The van der Waals surface area contributed by atoms with E-state index in [1.807, 2.05) is 6.07 Å². The third-order valence-electron chi connectivity index (χ3n) is 5.29. The molecule has 1 heteroatoms. The van der Waals surface area contributed by atoms with E-state index in [-0.39, 0.29) is 0 Å². The maximum Gasteiger partial charge on any atom is 0.0384 e. The maximum atomic E-state index is 4.18. The molecule has 0 aliphatic heterocycles. The van der Waals surface area contributed by atoms with Crippen molar-refractivity contribution in [3.63, 3.8) is 0 Å². The molecule has 3 atom stereocenters. The summed E-state index contributed by atoms with van der Waals surface area (Å²) in [4.78, 5) is 0. The molecule has 3 rings (SSSR count). The van der Waals surface area contributed by atoms with Gasteiger partial charge in [0.05, 0.1) is 0 Å². The molecule has 1 aliphatic carbocycles. The molecular formula is C22H27N. The molecule has 0 saturated heterocycles. The van der Waals surface area contributed by atoms with Crippen molar-refractivity contribution in [3.8, 4) is 0 Å². The fourth-order valence-corrected chi connectivity index (χ4v) is 3.74. The average Bonchev–Trinajstić information content (AvgIpc) is 2.57. The average molecular weight is 305 g/mol. The Hall–Kier alpha value is -2.02. The number of rotatable bonds is 4. The van der Waals surface area contributed by atoms with Gasteiger partial charge in [0.1, 0.15) is 0 Å². The topological polar surface area (TPSA) is 12.0 Å². The van der Waals surface area contributed by atoms with E-state index >= 15 is 0 Å². The lowest BCUT2D eigenvalue weighted by Gasteiger charge is -2.35. The van der Waals surface area contributed by atoms with Crippen molar-refractivity contribution in [2.45, 2.75) is 39.0 Å². The summed E-state index contributed by atoms with van der Waals surface area (Å²) < 4.78 is 0. The van der Waals surface area contributed by atoms with Gasteiger partial charge < -0.3 is 5.32 Å². The first-order chi connectivity index (χ1) is 11.1. The van der Waals surface area contributed by atoms with E-state index in [1.54, 1.807) is 0 Å². The maximum absolute atomic E-state index is 4.18. The van der Waals surface area contributed by atoms with Gasteiger partial charge in [-0.1, -0.05) is 49.4 Å². The van der Waals surface area contributed by atoms with Crippen LogP contribution >= 0.6 is 0 Å². The van der Waals surface area contributed by atoms with Gasteiger partial charge in [0.25, 0.3) is 0 Å². The first-order valence-corrected chi connectivity index (χ1v) is 8.71. The van der Waals surface area contributed by atoms with E-state index < -0.39 is 0 Å². The Morgan fingerprint density at radius 3 is 2.26 bits per heavy atom. The van der Waals surface area contributed by atoms with Crippen LogP contribution in [0.5, 0.6) is 0 Å². The molecule has 1 fully saturated rings. The van der Waals surface area contributed by atoms with Gasteiger partial charge in [0.2, 0.25) is 0 Å². The molecule has 0 spiro atoms. The first kappa shape index (κ1) is 15.9. The zero-order valence-electron chi connectivity index (χ0n) is 14.3. The van der Waals surface area contributed by atoms with Crippen LogP contribution in [0.25, 0.3) is 0 Å². The molecular weight excluding hydrogens is 278 g/mol. The number of allylic oxidation sites excluding steroid dienone is 1. The molecule has 1 aliphatic rings. The van der Waals surface area contributed by atoms with Gasteiger partial charge in [-0.3, -0.25) is 0 Å². The van der Waals surface area contributed by atoms with Crippen LogP contribution < -0.4 is 5.32 Å². The minimum atomic E-state index is 0.663. The Labute approximate surface area is 140 Å². The van der Waals surface area contributed by atoms with Gasteiger partial charge >= 0.3 is 0 Å². The molecule has 0 amide bonds. The predicted octanol–water partition coefficient (Wildman–Crippen LogP) is 6.53. The zero-order chi connectivity index (χ0) is 16.2. The summed E-state index contributed by atoms with van der Waals surface area (Å²) in [6, 6.07) is 19.3. The third-order valence-corrected chi connectivity index (χ3v) is 5.29. The number of hydrogen-bond acceptors (Lipinski definition) is 1. The van der Waals surface area contributed by atoms with Gasteiger partial charge in [0, 0.05) is 11.4 Å². The summed E-state index contributed by atoms with van der Waals surface area (Å²) in [6.45, 7) is 8.77. The molecule has 0 radical (unpaired) electrons. The van der Waals surface area contributed by atoms with E-state index in [1.165, 1.54) is 30.4 Å². The van der Waals surface area contributed by atoms with Crippen molar-refractivity contribution < 1.29 is 0 Å². The monoisotopic (exact) mass is 305 g/mol. The second-order valence-electron chi connectivity index (χ2n) is 7.05. The van der Waals surface area contributed by atoms with Gasteiger partial charge in [-0.25, -0.2) is 0 Å². The number of anilines is 2. The van der Waals surface area contributed by atoms with E-state index in [0.717, 1.165) is 17.3 Å². The molecule has 1 N–H and O–H groups in total. The fraction of sp³-hybridized carbons (Fsp3) is 0.364. The summed E-state index contributed by atoms with van der Waals surface area (Å²) >= 11 is 0. The molecule has 2 unspecified atom stereocenters. The second-order valence-corrected chi connectivity index (χ2v) is 7.05. The van der Waals surface area contributed by atoms with Crippen molar-refractivity contribution in [3.05, 3.63) is 72.3 Å². The van der Waals surface area contributed by atoms with E-state index in [9.17, 15) is 0 Å². The van der Waals surface area contributed by atoms with Gasteiger partial charge in [-0.2, -0.15) is 0 Å². The fourth-order valence-electron chi connectivity index (χ4n) is 3.74. The Balaban J connectivity index is 1.72. The Bertz CT molecular complexity index is 641. The zero-order valence-corrected chi connectivity index (χ0v) is 14.3. The molecule has 0 heterocycles. The van der Waals surface area contributed by atoms with Crippen LogP contribution in [-0.2, 0) is 0 Å². The summed E-state index contributed by atoms with van der Waals surface area (Å²) in [6.07, 6.45) is 3.87. The van der Waals surface area contributed by atoms with Crippen LogP contribution in [0, 0.1) is 11.8 Å². The third kappa shape index (κ3) is 3.85. The first-order valence-electron chi connectivity index (χ1n) is 8.71. The van der Waals surface area contributed by atoms with Gasteiger partial charge in [-0.05, 0) is 73.8 Å². The highest BCUT2D eigenvalue weighted by atomic mass is 14.9. The summed E-state index contributed by atoms with van der Waals surface area (Å²) in [5, 5.41) is 3.46. The normalized spacial score (nSPS) is 24.2. The highest BCUT2D eigenvalue weighted by molar-refractivity contribution is 5.59. The van der Waals surface area contributed by atoms with Crippen LogP contribution in [-0.4, -0.2) is 0 Å². The van der Waals surface area contributed by atoms with Gasteiger partial charge in [0.15, 0.2) is 0 Å². The van der Waals surface area contributed by atoms with E-state index in [2.05, 4.69) is 74.3 Å². The number of para-hydroxylation sites is 1. The molecule has 0 aromatic heterocycles. The Morgan fingerprint density at radius 2 is 1.61 bits per heavy atom. The van der Waals surface area contributed by atoms with E-state index in [0.29, 0.717) is 11.8 Å². The summed E-state index contributed by atoms with van der Waals surface area (Å²) in [5.41, 5.74) is 5.11. The molecule has 120 valence electrons. The van der Waals surface area contributed by atoms with E-state index in [4.69, 9.17) is 0 Å². The van der Waals surface area contributed by atoms with Crippen LogP contribution in [0.15, 0.2) is 66.7 Å². The van der Waals surface area contributed by atoms with Crippen LogP contribution in [0.2, 0.25) is 0 Å². The second kappa shape index (κ2) is 7.04. The lowest BCUT2D eigenvalue weighted by Crippen LogP contribution is -2.22. The molecule has 23 heavy (non-hydrogen) atoms. The van der Waals surface area contributed by atoms with Crippen molar-refractivity contribution in [2.75, 3.05) is 5.32 Å². The number of hydrogen-bond donors (Lipinski definition) is 1. The Morgan fingerprint density at radius 1 is 0.957 bits per heavy atom. The quantitative estimate of drug-likeness (QED) is 0.633. The van der Waals surface area contributed by atoms with Crippen LogP contribution in [0.3, 0.4) is 0 Å². The number of nitrogens with one attached hydrogen (secondary N) is 1. The molecule has 1 saturated carbocycles. The van der Waals surface area contributed by atoms with Crippen molar-refractivity contribution in [1.29, 1.82) is 0 Å². The lowest BCUT2D eigenvalue weighted by molar-refractivity contribution is 0.276. The predicted molar refractivity (Wildman–Crippen MR) is 100 cm³/mol. The Kier molecular flexibility index (Phi) is 4.85.